The number of anilines is 1. The highest BCUT2D eigenvalue weighted by molar-refractivity contribution is 6.30. The second-order valence-corrected chi connectivity index (χ2v) is 5.87. The van der Waals surface area contributed by atoms with Crippen molar-refractivity contribution in [1.29, 1.82) is 0 Å². The molecule has 2 aromatic rings. The van der Waals surface area contributed by atoms with Crippen LogP contribution in [0.25, 0.3) is 0 Å². The first-order valence-corrected chi connectivity index (χ1v) is 8.02. The molecule has 0 aliphatic carbocycles. The van der Waals surface area contributed by atoms with E-state index in [1.165, 1.54) is 11.9 Å². The van der Waals surface area contributed by atoms with Crippen molar-refractivity contribution in [3.63, 3.8) is 0 Å². The van der Waals surface area contributed by atoms with E-state index in [4.69, 9.17) is 16.1 Å². The van der Waals surface area contributed by atoms with Gasteiger partial charge in [-0.2, -0.15) is 0 Å². The van der Waals surface area contributed by atoms with Crippen molar-refractivity contribution in [2.75, 3.05) is 44.2 Å². The van der Waals surface area contributed by atoms with Gasteiger partial charge in [-0.25, -0.2) is 0 Å². The van der Waals surface area contributed by atoms with Gasteiger partial charge in [-0.1, -0.05) is 16.8 Å². The molecule has 0 bridgehead atoms. The van der Waals surface area contributed by atoms with Gasteiger partial charge in [0.1, 0.15) is 0 Å². The average molecular weight is 335 g/mol. The Labute approximate surface area is 140 Å². The fraction of sp³-hybridized carbons (Fsp3) is 0.375. The average Bonchev–Trinajstić information content (AvgIpc) is 3.11. The summed E-state index contributed by atoms with van der Waals surface area (Å²) < 4.78 is 4.82. The molecule has 1 amide bonds. The van der Waals surface area contributed by atoms with Gasteiger partial charge in [-0.3, -0.25) is 9.69 Å². The number of carbonyl (C=O) groups excluding carboxylic acids is 1. The molecular weight excluding hydrogens is 316 g/mol. The Morgan fingerprint density at radius 3 is 2.57 bits per heavy atom. The van der Waals surface area contributed by atoms with Crippen molar-refractivity contribution in [3.8, 4) is 0 Å². The molecule has 23 heavy (non-hydrogen) atoms. The van der Waals surface area contributed by atoms with E-state index in [2.05, 4.69) is 32.4 Å². The van der Waals surface area contributed by atoms with Crippen molar-refractivity contribution in [2.24, 2.45) is 0 Å². The van der Waals surface area contributed by atoms with Crippen LogP contribution in [0.4, 0.5) is 5.69 Å². The smallest absolute Gasteiger partial charge is 0.289 e. The van der Waals surface area contributed by atoms with Crippen LogP contribution in [0.1, 0.15) is 10.6 Å². The monoisotopic (exact) mass is 334 g/mol. The standard InChI is InChI=1S/C16H19ClN4O2/c17-13-1-3-14(4-2-13)21-11-9-20(10-12-21)8-7-18-16(22)15-5-6-19-23-15/h1-6H,7-12H2,(H,18,22). The molecule has 0 spiro atoms. The van der Waals surface area contributed by atoms with Crippen LogP contribution in [0.5, 0.6) is 0 Å². The normalized spacial score (nSPS) is 15.6. The minimum absolute atomic E-state index is 0.220. The molecule has 6 nitrogen and oxygen atoms in total. The van der Waals surface area contributed by atoms with Gasteiger partial charge in [0.2, 0.25) is 5.76 Å². The Kier molecular flexibility index (Phi) is 5.15. The predicted molar refractivity (Wildman–Crippen MR) is 88.9 cm³/mol. The van der Waals surface area contributed by atoms with Crippen LogP contribution in [0.2, 0.25) is 5.02 Å². The number of amides is 1. The van der Waals surface area contributed by atoms with Gasteiger partial charge < -0.3 is 14.7 Å². The minimum atomic E-state index is -0.220. The fourth-order valence-electron chi connectivity index (χ4n) is 2.63. The maximum absolute atomic E-state index is 11.7. The van der Waals surface area contributed by atoms with E-state index in [9.17, 15) is 4.79 Å². The first kappa shape index (κ1) is 15.8. The molecule has 1 aliphatic rings. The Bertz CT molecular complexity index is 622. The molecule has 1 aromatic heterocycles. The number of halogens is 1. The van der Waals surface area contributed by atoms with Crippen molar-refractivity contribution in [2.45, 2.75) is 0 Å². The van der Waals surface area contributed by atoms with Crippen LogP contribution in [-0.2, 0) is 0 Å². The van der Waals surface area contributed by atoms with E-state index < -0.39 is 0 Å². The maximum atomic E-state index is 11.7. The summed E-state index contributed by atoms with van der Waals surface area (Å²) >= 11 is 5.92. The molecule has 0 atom stereocenters. The third kappa shape index (κ3) is 4.24. The number of piperazine rings is 1. The molecule has 3 rings (SSSR count). The quantitative estimate of drug-likeness (QED) is 0.904. The number of nitrogens with one attached hydrogen (secondary N) is 1. The highest BCUT2D eigenvalue weighted by atomic mass is 35.5. The predicted octanol–water partition coefficient (Wildman–Crippen LogP) is 1.88. The highest BCUT2D eigenvalue weighted by Gasteiger charge is 2.17. The lowest BCUT2D eigenvalue weighted by atomic mass is 10.2. The molecule has 1 N–H and O–H groups in total. The third-order valence-electron chi connectivity index (χ3n) is 3.94. The second kappa shape index (κ2) is 7.48. The lowest BCUT2D eigenvalue weighted by Gasteiger charge is -2.36. The number of hydrogen-bond donors (Lipinski definition) is 1. The molecule has 1 aliphatic heterocycles. The van der Waals surface area contributed by atoms with E-state index in [1.54, 1.807) is 6.07 Å². The number of hydrogen-bond acceptors (Lipinski definition) is 5. The SMILES string of the molecule is O=C(NCCN1CCN(c2ccc(Cl)cc2)CC1)c1ccno1. The van der Waals surface area contributed by atoms with Crippen LogP contribution in [-0.4, -0.2) is 55.2 Å². The van der Waals surface area contributed by atoms with Gasteiger partial charge in [0.05, 0.1) is 6.20 Å². The minimum Gasteiger partial charge on any atom is -0.369 e. The third-order valence-corrected chi connectivity index (χ3v) is 4.19. The molecular formula is C16H19ClN4O2. The van der Waals surface area contributed by atoms with Crippen molar-refractivity contribution in [3.05, 3.63) is 47.3 Å². The van der Waals surface area contributed by atoms with Gasteiger partial charge >= 0.3 is 0 Å². The number of carbonyl (C=O) groups is 1. The zero-order valence-corrected chi connectivity index (χ0v) is 13.5. The maximum Gasteiger partial charge on any atom is 0.289 e. The number of benzene rings is 1. The lowest BCUT2D eigenvalue weighted by Crippen LogP contribution is -2.48. The molecule has 1 saturated heterocycles. The topological polar surface area (TPSA) is 61.6 Å². The molecule has 7 heteroatoms. The second-order valence-electron chi connectivity index (χ2n) is 5.44. The van der Waals surface area contributed by atoms with Gasteiger partial charge in [0.25, 0.3) is 5.91 Å². The number of rotatable bonds is 5. The van der Waals surface area contributed by atoms with Crippen LogP contribution < -0.4 is 10.2 Å². The largest absolute Gasteiger partial charge is 0.369 e. The summed E-state index contributed by atoms with van der Waals surface area (Å²) in [7, 11) is 0. The Morgan fingerprint density at radius 2 is 1.91 bits per heavy atom. The highest BCUT2D eigenvalue weighted by Crippen LogP contribution is 2.19. The molecule has 2 heterocycles. The van der Waals surface area contributed by atoms with Gasteiger partial charge in [0, 0.05) is 56.0 Å². The van der Waals surface area contributed by atoms with E-state index in [0.717, 1.165) is 37.7 Å². The molecule has 122 valence electrons. The van der Waals surface area contributed by atoms with E-state index in [1.807, 2.05) is 12.1 Å². The summed E-state index contributed by atoms with van der Waals surface area (Å²) in [4.78, 5) is 16.4. The zero-order chi connectivity index (χ0) is 16.1. The van der Waals surface area contributed by atoms with Gasteiger partial charge in [0.15, 0.2) is 0 Å². The summed E-state index contributed by atoms with van der Waals surface area (Å²) in [5.41, 5.74) is 1.20. The summed E-state index contributed by atoms with van der Waals surface area (Å²) in [6.07, 6.45) is 1.46. The summed E-state index contributed by atoms with van der Waals surface area (Å²) in [5, 5.41) is 7.12. The van der Waals surface area contributed by atoms with Crippen molar-refractivity contribution in [1.82, 2.24) is 15.4 Å². The van der Waals surface area contributed by atoms with Crippen LogP contribution >= 0.6 is 11.6 Å². The number of nitrogens with zero attached hydrogens (tertiary/aromatic N) is 3. The molecule has 0 saturated carbocycles. The van der Waals surface area contributed by atoms with Crippen molar-refractivity contribution >= 4 is 23.2 Å². The van der Waals surface area contributed by atoms with E-state index in [-0.39, 0.29) is 11.7 Å². The van der Waals surface area contributed by atoms with Crippen molar-refractivity contribution < 1.29 is 9.32 Å². The molecule has 1 fully saturated rings. The Balaban J connectivity index is 1.39. The first-order chi connectivity index (χ1) is 11.2. The Hall–Kier alpha value is -2.05. The van der Waals surface area contributed by atoms with Crippen LogP contribution in [0, 0.1) is 0 Å². The number of aromatic nitrogens is 1. The summed E-state index contributed by atoms with van der Waals surface area (Å²) in [6.45, 7) is 5.31. The molecule has 0 unspecified atom stereocenters. The van der Waals surface area contributed by atoms with E-state index >= 15 is 0 Å². The van der Waals surface area contributed by atoms with Gasteiger partial charge in [-0.15, -0.1) is 0 Å². The van der Waals surface area contributed by atoms with Gasteiger partial charge in [-0.05, 0) is 24.3 Å². The Morgan fingerprint density at radius 1 is 1.17 bits per heavy atom. The fourth-order valence-corrected chi connectivity index (χ4v) is 2.76. The van der Waals surface area contributed by atoms with Crippen LogP contribution in [0.15, 0.2) is 41.1 Å². The molecule has 0 radical (unpaired) electrons. The first-order valence-electron chi connectivity index (χ1n) is 7.64. The van der Waals surface area contributed by atoms with Crippen LogP contribution in [0.3, 0.4) is 0 Å². The lowest BCUT2D eigenvalue weighted by molar-refractivity contribution is 0.0911. The molecule has 1 aromatic carbocycles. The summed E-state index contributed by atoms with van der Waals surface area (Å²) in [5.74, 6) is 0.0276. The summed E-state index contributed by atoms with van der Waals surface area (Å²) in [6, 6.07) is 9.50. The van der Waals surface area contributed by atoms with E-state index in [0.29, 0.717) is 6.54 Å². The zero-order valence-electron chi connectivity index (χ0n) is 12.7.